The van der Waals surface area contributed by atoms with Crippen LogP contribution in [0.3, 0.4) is 0 Å². The number of halogens is 2. The molecule has 1 aromatic carbocycles. The van der Waals surface area contributed by atoms with E-state index < -0.39 is 5.97 Å². The maximum Gasteiger partial charge on any atom is 0.307 e. The highest BCUT2D eigenvalue weighted by Crippen LogP contribution is 2.46. The Labute approximate surface area is 151 Å². The summed E-state index contributed by atoms with van der Waals surface area (Å²) in [5.74, 6) is -0.0635. The van der Waals surface area contributed by atoms with Crippen molar-refractivity contribution in [2.75, 3.05) is 5.73 Å². The molecule has 2 bridgehead atoms. The van der Waals surface area contributed by atoms with Gasteiger partial charge in [-0.15, -0.1) is 0 Å². The Morgan fingerprint density at radius 3 is 2.92 bits per heavy atom. The number of aliphatic carboxylic acids is 1. The van der Waals surface area contributed by atoms with Gasteiger partial charge < -0.3 is 23.2 Å². The van der Waals surface area contributed by atoms with Gasteiger partial charge >= 0.3 is 5.97 Å². The Hall–Kier alpha value is -1.78. The molecule has 1 aromatic heterocycles. The Morgan fingerprint density at radius 1 is 1.38 bits per heavy atom. The summed E-state index contributed by atoms with van der Waals surface area (Å²) in [7, 11) is 0. The van der Waals surface area contributed by atoms with E-state index in [4.69, 9.17) is 22.4 Å². The number of benzene rings is 1. The molecule has 2 aliphatic carbocycles. The number of aromatic nitrogens is 1. The number of nitrogens with two attached hydrogens (primary N) is 1. The summed E-state index contributed by atoms with van der Waals surface area (Å²) in [6.45, 7) is 0. The molecule has 126 valence electrons. The molecule has 0 saturated carbocycles. The van der Waals surface area contributed by atoms with E-state index in [0.717, 1.165) is 41.4 Å². The zero-order chi connectivity index (χ0) is 16.1. The minimum atomic E-state index is -0.760. The number of hydrogen-bond donors (Lipinski definition) is 2. The Kier molecular flexibility index (Phi) is 4.45. The van der Waals surface area contributed by atoms with Crippen molar-refractivity contribution in [1.29, 1.82) is 0 Å². The second-order valence-electron chi connectivity index (χ2n) is 6.62. The van der Waals surface area contributed by atoms with Gasteiger partial charge in [-0.2, -0.15) is 0 Å². The lowest BCUT2D eigenvalue weighted by atomic mass is 9.70. The van der Waals surface area contributed by atoms with E-state index in [1.54, 1.807) is 0 Å². The molecule has 4 nitrogen and oxygen atoms in total. The van der Waals surface area contributed by atoms with Crippen LogP contribution >= 0.6 is 11.6 Å². The third-order valence-corrected chi connectivity index (χ3v) is 5.23. The molecule has 0 radical (unpaired) electrons. The van der Waals surface area contributed by atoms with Crippen LogP contribution in [0.15, 0.2) is 29.8 Å². The first-order valence-electron chi connectivity index (χ1n) is 7.85. The zero-order valence-corrected chi connectivity index (χ0v) is 14.5. The third-order valence-electron chi connectivity index (χ3n) is 4.99. The van der Waals surface area contributed by atoms with Crippen molar-refractivity contribution < 1.29 is 27.3 Å². The van der Waals surface area contributed by atoms with Crippen molar-refractivity contribution in [1.82, 2.24) is 0 Å². The van der Waals surface area contributed by atoms with E-state index in [9.17, 15) is 4.79 Å². The Balaban J connectivity index is 0.00000169. The molecule has 2 atom stereocenters. The molecule has 2 aromatic rings. The van der Waals surface area contributed by atoms with Gasteiger partial charge in [-0.05, 0) is 36.8 Å². The predicted octanol–water partition coefficient (Wildman–Crippen LogP) is 0.344. The number of carboxylic acid groups (broad SMARTS) is 1. The fraction of sp³-hybridized carbons (Fsp3) is 0.333. The highest BCUT2D eigenvalue weighted by atomic mass is 35.5. The van der Waals surface area contributed by atoms with Gasteiger partial charge in [0.05, 0.1) is 17.5 Å². The average Bonchev–Trinajstić information content (AvgIpc) is 2.45. The van der Waals surface area contributed by atoms with Gasteiger partial charge in [0.15, 0.2) is 5.69 Å². The molecule has 0 aliphatic heterocycles. The van der Waals surface area contributed by atoms with Gasteiger partial charge in [0.2, 0.25) is 5.52 Å². The van der Waals surface area contributed by atoms with Crippen molar-refractivity contribution in [2.24, 2.45) is 5.92 Å². The first kappa shape index (κ1) is 17.1. The number of nitrogens with one attached hydrogen (secondary N) is 1. The molecular formula is C18H18Cl2N2O2. The van der Waals surface area contributed by atoms with E-state index in [1.807, 2.05) is 18.2 Å². The van der Waals surface area contributed by atoms with E-state index in [-0.39, 0.29) is 18.8 Å². The Bertz CT molecular complexity index is 864. The molecule has 0 fully saturated rings. The molecule has 2 unspecified atom stereocenters. The lowest BCUT2D eigenvalue weighted by Gasteiger charge is -2.33. The molecule has 4 rings (SSSR count). The first-order chi connectivity index (χ1) is 11.0. The molecule has 24 heavy (non-hydrogen) atoms. The van der Waals surface area contributed by atoms with Gasteiger partial charge in [0, 0.05) is 23.1 Å². The standard InChI is InChI=1S/C18H17ClN2O2.ClH/c19-12-1-2-13-14(8-12)21-15-6-9-3-10(7-16(22)23)5-11(4-9)17(15)18(13)20;/h1-3,8-9,11H,4-7H2,(H2,20,21)(H,22,23);1H. The summed E-state index contributed by atoms with van der Waals surface area (Å²) >= 11 is 6.09. The average molecular weight is 365 g/mol. The number of hydrogen-bond acceptors (Lipinski definition) is 2. The number of pyridine rings is 1. The van der Waals surface area contributed by atoms with Crippen molar-refractivity contribution >= 4 is 34.2 Å². The molecule has 0 spiro atoms. The molecule has 0 amide bonds. The number of nitrogen functional groups attached to an aromatic ring is 1. The number of aromatic amines is 1. The van der Waals surface area contributed by atoms with Gasteiger partial charge in [-0.3, -0.25) is 4.79 Å². The summed E-state index contributed by atoms with van der Waals surface area (Å²) in [6, 6.07) is 5.71. The van der Waals surface area contributed by atoms with E-state index >= 15 is 0 Å². The topological polar surface area (TPSA) is 77.5 Å². The highest BCUT2D eigenvalue weighted by Gasteiger charge is 2.36. The molecular weight excluding hydrogens is 347 g/mol. The van der Waals surface area contributed by atoms with Crippen molar-refractivity contribution in [3.05, 3.63) is 46.1 Å². The number of rotatable bonds is 2. The van der Waals surface area contributed by atoms with Crippen molar-refractivity contribution in [3.8, 4) is 0 Å². The van der Waals surface area contributed by atoms with Gasteiger partial charge in [-0.25, -0.2) is 4.98 Å². The van der Waals surface area contributed by atoms with Gasteiger partial charge in [-0.1, -0.05) is 23.3 Å². The second kappa shape index (κ2) is 6.26. The van der Waals surface area contributed by atoms with E-state index in [2.05, 4.69) is 11.1 Å². The zero-order valence-electron chi connectivity index (χ0n) is 13.0. The number of fused-ring (bicyclic) bond motifs is 5. The molecule has 0 saturated heterocycles. The van der Waals surface area contributed by atoms with Crippen LogP contribution in [-0.2, 0) is 11.2 Å². The monoisotopic (exact) mass is 364 g/mol. The van der Waals surface area contributed by atoms with Gasteiger partial charge in [0.1, 0.15) is 0 Å². The highest BCUT2D eigenvalue weighted by molar-refractivity contribution is 6.31. The molecule has 1 heterocycles. The van der Waals surface area contributed by atoms with Crippen LogP contribution in [0.4, 0.5) is 5.69 Å². The predicted molar refractivity (Wildman–Crippen MR) is 89.4 cm³/mol. The summed E-state index contributed by atoms with van der Waals surface area (Å²) < 4.78 is 0. The number of carbonyl (C=O) groups is 1. The van der Waals surface area contributed by atoms with Crippen LogP contribution in [0.5, 0.6) is 0 Å². The summed E-state index contributed by atoms with van der Waals surface area (Å²) in [6.07, 6.45) is 5.00. The van der Waals surface area contributed by atoms with E-state index in [1.165, 1.54) is 11.3 Å². The van der Waals surface area contributed by atoms with Crippen LogP contribution in [0, 0.1) is 5.92 Å². The van der Waals surface area contributed by atoms with E-state index in [0.29, 0.717) is 16.9 Å². The lowest BCUT2D eigenvalue weighted by Crippen LogP contribution is -3.00. The lowest BCUT2D eigenvalue weighted by molar-refractivity contribution is -0.360. The minimum Gasteiger partial charge on any atom is -1.00 e. The third kappa shape index (κ3) is 2.85. The maximum absolute atomic E-state index is 11.0. The molecule has 4 N–H and O–H groups in total. The van der Waals surface area contributed by atoms with Crippen LogP contribution in [-0.4, -0.2) is 11.1 Å². The maximum atomic E-state index is 11.0. The smallest absolute Gasteiger partial charge is 0.307 e. The fourth-order valence-electron chi connectivity index (χ4n) is 4.20. The van der Waals surface area contributed by atoms with Crippen molar-refractivity contribution in [2.45, 2.75) is 31.6 Å². The molecule has 2 aliphatic rings. The van der Waals surface area contributed by atoms with Crippen LogP contribution in [0.1, 0.15) is 36.4 Å². The number of carboxylic acids is 1. The largest absolute Gasteiger partial charge is 1.00 e. The number of anilines is 1. The molecule has 6 heteroatoms. The normalized spacial score (nSPS) is 21.6. The Morgan fingerprint density at radius 2 is 2.17 bits per heavy atom. The summed E-state index contributed by atoms with van der Waals surface area (Å²) in [5.41, 5.74) is 11.6. The summed E-state index contributed by atoms with van der Waals surface area (Å²) in [4.78, 5) is 14.5. The fourth-order valence-corrected chi connectivity index (χ4v) is 4.38. The first-order valence-corrected chi connectivity index (χ1v) is 8.23. The quantitative estimate of drug-likeness (QED) is 0.754. The summed E-state index contributed by atoms with van der Waals surface area (Å²) in [5, 5.41) is 10.7. The SMILES string of the molecule is Nc1c2c([nH+]c3cc(Cl)ccc13)CC1C=C(CC(=O)O)CC2C1.[Cl-]. The van der Waals surface area contributed by atoms with Gasteiger partial charge in [0.25, 0.3) is 0 Å². The number of allylic oxidation sites excluding steroid dienone is 1. The van der Waals surface area contributed by atoms with Crippen LogP contribution < -0.4 is 23.1 Å². The minimum absolute atomic E-state index is 0. The second-order valence-corrected chi connectivity index (χ2v) is 7.05. The van der Waals surface area contributed by atoms with Crippen molar-refractivity contribution in [3.63, 3.8) is 0 Å². The van der Waals surface area contributed by atoms with Crippen LogP contribution in [0.2, 0.25) is 5.02 Å². The van der Waals surface area contributed by atoms with Crippen LogP contribution in [0.25, 0.3) is 10.9 Å². The number of H-pyrrole nitrogens is 1.